The Morgan fingerprint density at radius 3 is 2.70 bits per heavy atom. The summed E-state index contributed by atoms with van der Waals surface area (Å²) < 4.78 is 0.693. The van der Waals surface area contributed by atoms with E-state index in [2.05, 4.69) is 31.2 Å². The molecule has 1 aliphatic heterocycles. The van der Waals surface area contributed by atoms with Crippen LogP contribution in [0.15, 0.2) is 52.4 Å². The number of carbonyl (C=O) groups is 3. The average Bonchev–Trinajstić information content (AvgIpc) is 3.21. The van der Waals surface area contributed by atoms with Gasteiger partial charge in [0.05, 0.1) is 16.8 Å². The van der Waals surface area contributed by atoms with Gasteiger partial charge in [0.15, 0.2) is 5.13 Å². The molecule has 1 aromatic carbocycles. The lowest BCUT2D eigenvalue weighted by atomic mass is 10.1. The molecule has 27 heavy (non-hydrogen) atoms. The summed E-state index contributed by atoms with van der Waals surface area (Å²) in [5, 5.41) is 4.77. The Labute approximate surface area is 166 Å². The summed E-state index contributed by atoms with van der Waals surface area (Å²) in [7, 11) is 0. The minimum absolute atomic E-state index is 0.286. The highest BCUT2D eigenvalue weighted by molar-refractivity contribution is 9.10. The molecule has 3 amide bonds. The Morgan fingerprint density at radius 2 is 1.93 bits per heavy atom. The summed E-state index contributed by atoms with van der Waals surface area (Å²) >= 11 is 4.52. The van der Waals surface area contributed by atoms with E-state index in [-0.39, 0.29) is 12.1 Å². The second-order valence-electron chi connectivity index (χ2n) is 5.69. The second-order valence-corrected chi connectivity index (χ2v) is 7.46. The van der Waals surface area contributed by atoms with Gasteiger partial charge >= 0.3 is 0 Å². The van der Waals surface area contributed by atoms with Crippen LogP contribution in [-0.4, -0.2) is 39.1 Å². The molecular weight excluding hydrogens is 432 g/mol. The molecule has 0 spiro atoms. The Morgan fingerprint density at radius 1 is 1.11 bits per heavy atom. The fourth-order valence-corrected chi connectivity index (χ4v) is 3.75. The van der Waals surface area contributed by atoms with Crippen molar-refractivity contribution in [2.45, 2.75) is 0 Å². The first-order valence-electron chi connectivity index (χ1n) is 7.85. The minimum Gasteiger partial charge on any atom is -0.300 e. The maximum Gasteiger partial charge on any atom is 0.262 e. The van der Waals surface area contributed by atoms with Crippen LogP contribution >= 0.6 is 27.3 Å². The number of fused-ring (bicyclic) bond motifs is 1. The maximum atomic E-state index is 12.4. The van der Waals surface area contributed by atoms with E-state index in [1.54, 1.807) is 35.8 Å². The lowest BCUT2D eigenvalue weighted by molar-refractivity contribution is -0.116. The van der Waals surface area contributed by atoms with Crippen molar-refractivity contribution in [2.24, 2.45) is 0 Å². The number of benzene rings is 1. The van der Waals surface area contributed by atoms with E-state index in [9.17, 15) is 14.4 Å². The molecule has 3 heterocycles. The minimum atomic E-state index is -0.495. The van der Waals surface area contributed by atoms with Gasteiger partial charge in [-0.15, -0.1) is 11.3 Å². The third kappa shape index (κ3) is 3.38. The molecule has 2 aromatic heterocycles. The molecule has 1 N–H and O–H groups in total. The van der Waals surface area contributed by atoms with Gasteiger partial charge in [0.2, 0.25) is 5.91 Å². The Bertz CT molecular complexity index is 1070. The number of halogens is 1. The van der Waals surface area contributed by atoms with Crippen LogP contribution in [0.4, 0.5) is 5.13 Å². The number of rotatable bonds is 4. The number of amides is 3. The van der Waals surface area contributed by atoms with E-state index in [1.165, 1.54) is 11.3 Å². The van der Waals surface area contributed by atoms with Crippen LogP contribution in [0.3, 0.4) is 0 Å². The largest absolute Gasteiger partial charge is 0.300 e. The van der Waals surface area contributed by atoms with Gasteiger partial charge in [-0.05, 0) is 30.3 Å². The topological polar surface area (TPSA) is 92.3 Å². The van der Waals surface area contributed by atoms with Gasteiger partial charge in [-0.3, -0.25) is 24.3 Å². The first kappa shape index (κ1) is 17.5. The van der Waals surface area contributed by atoms with Crippen LogP contribution in [-0.2, 0) is 4.79 Å². The summed E-state index contributed by atoms with van der Waals surface area (Å²) in [6.07, 6.45) is 1.66. The molecule has 134 valence electrons. The molecule has 0 radical (unpaired) electrons. The Hall–Kier alpha value is -2.91. The molecular formula is C18H11BrN4O3S. The first-order chi connectivity index (χ1) is 13.0. The van der Waals surface area contributed by atoms with Gasteiger partial charge in [-0.2, -0.15) is 0 Å². The highest BCUT2D eigenvalue weighted by Gasteiger charge is 2.36. The van der Waals surface area contributed by atoms with Crippen LogP contribution in [0.25, 0.3) is 11.4 Å². The number of nitrogens with zero attached hydrogens (tertiary/aromatic N) is 3. The lowest BCUT2D eigenvalue weighted by Gasteiger charge is -2.12. The Kier molecular flexibility index (Phi) is 4.54. The second kappa shape index (κ2) is 7.01. The monoisotopic (exact) mass is 442 g/mol. The van der Waals surface area contributed by atoms with Crippen LogP contribution in [0.1, 0.15) is 20.7 Å². The van der Waals surface area contributed by atoms with Gasteiger partial charge < -0.3 is 5.32 Å². The van der Waals surface area contributed by atoms with Crippen molar-refractivity contribution >= 4 is 50.1 Å². The van der Waals surface area contributed by atoms with Crippen molar-refractivity contribution in [3.8, 4) is 11.4 Å². The normalized spacial score (nSPS) is 13.0. The molecule has 9 heteroatoms. The van der Waals surface area contributed by atoms with Crippen LogP contribution in [0.2, 0.25) is 0 Å². The predicted molar refractivity (Wildman–Crippen MR) is 103 cm³/mol. The quantitative estimate of drug-likeness (QED) is 0.626. The van der Waals surface area contributed by atoms with Gasteiger partial charge in [0.25, 0.3) is 11.8 Å². The highest BCUT2D eigenvalue weighted by Crippen LogP contribution is 2.26. The maximum absolute atomic E-state index is 12.4. The molecule has 0 bridgehead atoms. The van der Waals surface area contributed by atoms with Crippen LogP contribution in [0, 0.1) is 0 Å². The number of carbonyl (C=O) groups excluding carboxylic acids is 3. The zero-order valence-corrected chi connectivity index (χ0v) is 16.1. The van der Waals surface area contributed by atoms with Crippen LogP contribution < -0.4 is 5.32 Å². The molecule has 0 atom stereocenters. The molecule has 0 saturated carbocycles. The van der Waals surface area contributed by atoms with Gasteiger partial charge in [0.1, 0.15) is 12.2 Å². The highest BCUT2D eigenvalue weighted by atomic mass is 79.9. The van der Waals surface area contributed by atoms with Crippen LogP contribution in [0.5, 0.6) is 0 Å². The summed E-state index contributed by atoms with van der Waals surface area (Å²) in [4.78, 5) is 46.6. The Balaban J connectivity index is 1.46. The summed E-state index contributed by atoms with van der Waals surface area (Å²) in [5.41, 5.74) is 1.92. The molecule has 0 fully saturated rings. The van der Waals surface area contributed by atoms with E-state index in [1.807, 2.05) is 12.1 Å². The van der Waals surface area contributed by atoms with Gasteiger partial charge in [-0.1, -0.05) is 22.0 Å². The smallest absolute Gasteiger partial charge is 0.262 e. The number of nitrogens with one attached hydrogen (secondary N) is 1. The number of imide groups is 1. The fourth-order valence-electron chi connectivity index (χ4n) is 2.67. The van der Waals surface area contributed by atoms with E-state index in [0.29, 0.717) is 26.6 Å². The number of hydrogen-bond acceptors (Lipinski definition) is 6. The molecule has 0 saturated heterocycles. The SMILES string of the molecule is O=C(CN1C(=O)c2ccc(Br)cc2C1=O)Nc1nc(-c2ccccn2)cs1. The number of anilines is 1. The van der Waals surface area contributed by atoms with Crippen molar-refractivity contribution in [3.05, 3.63) is 63.6 Å². The molecule has 1 aliphatic rings. The van der Waals surface area contributed by atoms with E-state index in [4.69, 9.17) is 0 Å². The van der Waals surface area contributed by atoms with Crippen molar-refractivity contribution in [3.63, 3.8) is 0 Å². The first-order valence-corrected chi connectivity index (χ1v) is 9.53. The van der Waals surface area contributed by atoms with Crippen molar-refractivity contribution in [1.29, 1.82) is 0 Å². The fraction of sp³-hybridized carbons (Fsp3) is 0.0556. The average molecular weight is 443 g/mol. The van der Waals surface area contributed by atoms with Gasteiger partial charge in [0, 0.05) is 16.0 Å². The summed E-state index contributed by atoms with van der Waals surface area (Å²) in [5.74, 6) is -1.46. The summed E-state index contributed by atoms with van der Waals surface area (Å²) in [6.45, 7) is -0.373. The number of aromatic nitrogens is 2. The zero-order chi connectivity index (χ0) is 19.0. The number of hydrogen-bond donors (Lipinski definition) is 1. The molecule has 7 nitrogen and oxygen atoms in total. The molecule has 0 aliphatic carbocycles. The van der Waals surface area contributed by atoms with Crippen molar-refractivity contribution < 1.29 is 14.4 Å². The predicted octanol–water partition coefficient (Wildman–Crippen LogP) is 3.20. The van der Waals surface area contributed by atoms with Crippen molar-refractivity contribution in [2.75, 3.05) is 11.9 Å². The van der Waals surface area contributed by atoms with E-state index >= 15 is 0 Å². The summed E-state index contributed by atoms with van der Waals surface area (Å²) in [6, 6.07) is 10.3. The van der Waals surface area contributed by atoms with Gasteiger partial charge in [-0.25, -0.2) is 4.98 Å². The lowest BCUT2D eigenvalue weighted by Crippen LogP contribution is -2.37. The third-order valence-corrected chi connectivity index (χ3v) is 5.16. The number of pyridine rings is 1. The number of thiazole rings is 1. The van der Waals surface area contributed by atoms with E-state index in [0.717, 1.165) is 4.90 Å². The molecule has 0 unspecified atom stereocenters. The van der Waals surface area contributed by atoms with E-state index < -0.39 is 17.7 Å². The third-order valence-electron chi connectivity index (χ3n) is 3.91. The zero-order valence-electron chi connectivity index (χ0n) is 13.7. The molecule has 4 rings (SSSR count). The van der Waals surface area contributed by atoms with Crippen molar-refractivity contribution in [1.82, 2.24) is 14.9 Å². The molecule has 3 aromatic rings. The standard InChI is InChI=1S/C18H11BrN4O3S/c19-10-4-5-11-12(7-10)17(26)23(16(11)25)8-15(24)22-18-21-14(9-27-18)13-3-1-2-6-20-13/h1-7,9H,8H2,(H,21,22,24).